The molecule has 2 N–H and O–H groups in total. The first-order valence-corrected chi connectivity index (χ1v) is 9.44. The molecule has 7 nitrogen and oxygen atoms in total. The fourth-order valence-electron chi connectivity index (χ4n) is 3.38. The highest BCUT2D eigenvalue weighted by molar-refractivity contribution is 5.88. The average Bonchev–Trinajstić information content (AvgIpc) is 3.15. The lowest BCUT2D eigenvalue weighted by molar-refractivity contribution is -0.150. The molecule has 1 aliphatic rings. The van der Waals surface area contributed by atoms with Crippen LogP contribution in [-0.2, 0) is 25.5 Å². The number of ether oxygens (including phenoxy) is 1. The van der Waals surface area contributed by atoms with Gasteiger partial charge < -0.3 is 14.7 Å². The Labute approximate surface area is 159 Å². The minimum absolute atomic E-state index is 0.262. The maximum atomic E-state index is 12.7. The molecule has 0 radical (unpaired) electrons. The summed E-state index contributed by atoms with van der Waals surface area (Å²) in [6.07, 6.45) is 2.29. The van der Waals surface area contributed by atoms with Crippen LogP contribution in [0, 0.1) is 0 Å². The topological polar surface area (TPSA) is 95.9 Å². The molecule has 1 heterocycles. The number of carboxylic acids is 1. The minimum atomic E-state index is -0.987. The molecular weight excluding hydrogens is 348 g/mol. The highest BCUT2D eigenvalue weighted by Crippen LogP contribution is 2.19. The summed E-state index contributed by atoms with van der Waals surface area (Å²) in [5, 5.41) is 12.3. The molecule has 1 aromatic carbocycles. The molecule has 0 bridgehead atoms. The van der Waals surface area contributed by atoms with Gasteiger partial charge in [-0.3, -0.25) is 14.9 Å². The maximum absolute atomic E-state index is 12.7. The van der Waals surface area contributed by atoms with E-state index in [9.17, 15) is 19.5 Å². The van der Waals surface area contributed by atoms with Crippen LogP contribution in [0.25, 0.3) is 0 Å². The lowest BCUT2D eigenvalue weighted by atomic mass is 10.0. The Bertz CT molecular complexity index is 649. The van der Waals surface area contributed by atoms with Crippen LogP contribution in [0.2, 0.25) is 0 Å². The van der Waals surface area contributed by atoms with E-state index in [0.29, 0.717) is 32.2 Å². The van der Waals surface area contributed by atoms with Crippen LogP contribution in [0.5, 0.6) is 0 Å². The Morgan fingerprint density at radius 1 is 1.30 bits per heavy atom. The molecule has 0 aliphatic carbocycles. The number of benzene rings is 1. The van der Waals surface area contributed by atoms with Crippen LogP contribution in [0.1, 0.15) is 38.7 Å². The number of hydrogen-bond acceptors (Lipinski definition) is 5. The number of carbonyl (C=O) groups excluding carboxylic acids is 2. The van der Waals surface area contributed by atoms with Crippen LogP contribution in [0.3, 0.4) is 0 Å². The highest BCUT2D eigenvalue weighted by atomic mass is 16.5. The number of carbonyl (C=O) groups is 3. The normalized spacial score (nSPS) is 18.7. The number of esters is 1. The van der Waals surface area contributed by atoms with E-state index in [1.807, 2.05) is 30.3 Å². The van der Waals surface area contributed by atoms with Gasteiger partial charge in [0.1, 0.15) is 12.1 Å². The summed E-state index contributed by atoms with van der Waals surface area (Å²) >= 11 is 0. The molecule has 0 aromatic heterocycles. The summed E-state index contributed by atoms with van der Waals surface area (Å²) in [4.78, 5) is 37.7. The minimum Gasteiger partial charge on any atom is -0.480 e. The van der Waals surface area contributed by atoms with Gasteiger partial charge in [-0.1, -0.05) is 30.3 Å². The number of hydrogen-bond donors (Lipinski definition) is 2. The number of likely N-dealkylation sites (tertiary alicyclic amines) is 1. The van der Waals surface area contributed by atoms with Gasteiger partial charge in [0.15, 0.2) is 0 Å². The molecule has 1 saturated heterocycles. The zero-order chi connectivity index (χ0) is 19.8. The largest absolute Gasteiger partial charge is 0.480 e. The maximum Gasteiger partial charge on any atom is 0.326 e. The second-order valence-electron chi connectivity index (χ2n) is 6.75. The van der Waals surface area contributed by atoms with E-state index >= 15 is 0 Å². The molecule has 0 saturated carbocycles. The van der Waals surface area contributed by atoms with E-state index in [4.69, 9.17) is 4.74 Å². The monoisotopic (exact) mass is 376 g/mol. The molecule has 2 rings (SSSR count). The van der Waals surface area contributed by atoms with Gasteiger partial charge in [0.25, 0.3) is 0 Å². The number of nitrogens with one attached hydrogen (secondary N) is 1. The quantitative estimate of drug-likeness (QED) is 0.636. The van der Waals surface area contributed by atoms with Crippen molar-refractivity contribution < 1.29 is 24.2 Å². The van der Waals surface area contributed by atoms with Gasteiger partial charge in [-0.2, -0.15) is 0 Å². The first kappa shape index (κ1) is 20.9. The van der Waals surface area contributed by atoms with Crippen molar-refractivity contribution in [1.82, 2.24) is 10.2 Å². The summed E-state index contributed by atoms with van der Waals surface area (Å²) in [7, 11) is 0. The molecular formula is C20H28N2O5. The van der Waals surface area contributed by atoms with E-state index in [2.05, 4.69) is 5.32 Å². The summed E-state index contributed by atoms with van der Waals surface area (Å²) in [6.45, 7) is 4.09. The van der Waals surface area contributed by atoms with Gasteiger partial charge in [-0.05, 0) is 45.1 Å². The molecule has 7 heteroatoms. The number of carboxylic acid groups (broad SMARTS) is 1. The molecule has 27 heavy (non-hydrogen) atoms. The number of amides is 1. The summed E-state index contributed by atoms with van der Waals surface area (Å²) in [5.41, 5.74) is 1.10. The summed E-state index contributed by atoms with van der Waals surface area (Å²) in [5.74, 6) is -1.68. The van der Waals surface area contributed by atoms with Crippen molar-refractivity contribution in [3.05, 3.63) is 35.9 Å². The Balaban J connectivity index is 2.01. The molecule has 1 unspecified atom stereocenters. The van der Waals surface area contributed by atoms with Crippen LogP contribution in [0.4, 0.5) is 0 Å². The fourth-order valence-corrected chi connectivity index (χ4v) is 3.38. The number of aryl methyl sites for hydroxylation is 1. The number of rotatable bonds is 9. The van der Waals surface area contributed by atoms with Crippen molar-refractivity contribution in [2.24, 2.45) is 0 Å². The van der Waals surface area contributed by atoms with Crippen molar-refractivity contribution in [2.45, 2.75) is 57.7 Å². The third-order valence-electron chi connectivity index (χ3n) is 4.78. The van der Waals surface area contributed by atoms with Crippen LogP contribution in [-0.4, -0.2) is 59.1 Å². The fraction of sp³-hybridized carbons (Fsp3) is 0.550. The number of aliphatic carboxylic acids is 1. The van der Waals surface area contributed by atoms with Crippen LogP contribution < -0.4 is 5.32 Å². The Kier molecular flexibility index (Phi) is 7.79. The van der Waals surface area contributed by atoms with Crippen LogP contribution >= 0.6 is 0 Å². The van der Waals surface area contributed by atoms with Gasteiger partial charge in [-0.25, -0.2) is 4.79 Å². The summed E-state index contributed by atoms with van der Waals surface area (Å²) in [6, 6.07) is 7.69. The second-order valence-corrected chi connectivity index (χ2v) is 6.75. The first-order chi connectivity index (χ1) is 12.9. The summed E-state index contributed by atoms with van der Waals surface area (Å²) < 4.78 is 5.14. The van der Waals surface area contributed by atoms with Gasteiger partial charge >= 0.3 is 11.9 Å². The molecule has 148 valence electrons. The smallest absolute Gasteiger partial charge is 0.326 e. The van der Waals surface area contributed by atoms with Gasteiger partial charge in [0.05, 0.1) is 12.6 Å². The van der Waals surface area contributed by atoms with Crippen molar-refractivity contribution in [3.63, 3.8) is 0 Å². The predicted octanol–water partition coefficient (Wildman–Crippen LogP) is 1.60. The highest BCUT2D eigenvalue weighted by Gasteiger charge is 2.36. The molecule has 1 fully saturated rings. The Morgan fingerprint density at radius 2 is 2.00 bits per heavy atom. The predicted molar refractivity (Wildman–Crippen MR) is 100 cm³/mol. The van der Waals surface area contributed by atoms with Crippen molar-refractivity contribution in [1.29, 1.82) is 0 Å². The average molecular weight is 376 g/mol. The van der Waals surface area contributed by atoms with E-state index in [0.717, 1.165) is 5.56 Å². The van der Waals surface area contributed by atoms with E-state index in [1.165, 1.54) is 4.90 Å². The molecule has 1 aromatic rings. The van der Waals surface area contributed by atoms with Crippen molar-refractivity contribution in [2.75, 3.05) is 13.2 Å². The van der Waals surface area contributed by atoms with Gasteiger partial charge in [0.2, 0.25) is 5.91 Å². The first-order valence-electron chi connectivity index (χ1n) is 9.44. The van der Waals surface area contributed by atoms with Crippen molar-refractivity contribution >= 4 is 17.8 Å². The third-order valence-corrected chi connectivity index (χ3v) is 4.78. The van der Waals surface area contributed by atoms with Crippen molar-refractivity contribution in [3.8, 4) is 0 Å². The van der Waals surface area contributed by atoms with E-state index in [1.54, 1.807) is 13.8 Å². The molecule has 1 amide bonds. The van der Waals surface area contributed by atoms with Crippen LogP contribution in [0.15, 0.2) is 30.3 Å². The zero-order valence-corrected chi connectivity index (χ0v) is 15.9. The third kappa shape index (κ3) is 5.79. The van der Waals surface area contributed by atoms with Gasteiger partial charge in [-0.15, -0.1) is 0 Å². The SMILES string of the molecule is CCOC(=O)[C@@H](CCc1ccccc1)NC(C)C(=O)N1CCC[C@@H]1C(=O)O. The zero-order valence-electron chi connectivity index (χ0n) is 15.9. The molecule has 0 spiro atoms. The standard InChI is InChI=1S/C20H28N2O5/c1-3-27-20(26)16(12-11-15-8-5-4-6-9-15)21-14(2)18(23)22-13-7-10-17(22)19(24)25/h4-6,8-9,14,16-17,21H,3,7,10-13H2,1-2H3,(H,24,25)/t14?,16-,17-/m1/s1. The lowest BCUT2D eigenvalue weighted by Gasteiger charge is -2.27. The van der Waals surface area contributed by atoms with Gasteiger partial charge in [0, 0.05) is 6.54 Å². The van der Waals surface area contributed by atoms with E-state index in [-0.39, 0.29) is 12.5 Å². The second kappa shape index (κ2) is 10.1. The lowest BCUT2D eigenvalue weighted by Crippen LogP contribution is -2.53. The number of nitrogens with zero attached hydrogens (tertiary/aromatic N) is 1. The molecule has 3 atom stereocenters. The van der Waals surface area contributed by atoms with E-state index < -0.39 is 30.1 Å². The Hall–Kier alpha value is -2.41. The molecule has 1 aliphatic heterocycles. The Morgan fingerprint density at radius 3 is 2.63 bits per heavy atom.